The Morgan fingerprint density at radius 2 is 1.92 bits per heavy atom. The van der Waals surface area contributed by atoms with Gasteiger partial charge in [0.05, 0.1) is 35.4 Å². The number of carbonyl (C=O) groups excluding carboxylic acids is 1. The van der Waals surface area contributed by atoms with Gasteiger partial charge in [-0.05, 0) is 32.0 Å². The van der Waals surface area contributed by atoms with Gasteiger partial charge in [0.1, 0.15) is 28.9 Å². The number of anilines is 1. The fraction of sp³-hybridized carbons (Fsp3) is 0.148. The Morgan fingerprint density at radius 3 is 2.72 bits per heavy atom. The first-order valence-corrected chi connectivity index (χ1v) is 12.0. The maximum absolute atomic E-state index is 14.4. The van der Waals surface area contributed by atoms with Gasteiger partial charge in [-0.15, -0.1) is 0 Å². The second kappa shape index (κ2) is 9.01. The number of hydrogen-bond donors (Lipinski definition) is 2. The van der Waals surface area contributed by atoms with Crippen LogP contribution in [0.1, 0.15) is 35.5 Å². The highest BCUT2D eigenvalue weighted by molar-refractivity contribution is 6.09. The summed E-state index contributed by atoms with van der Waals surface area (Å²) in [6.45, 7) is 3.73. The van der Waals surface area contributed by atoms with Crippen molar-refractivity contribution in [2.24, 2.45) is 10.7 Å². The molecule has 6 rings (SSSR count). The van der Waals surface area contributed by atoms with E-state index < -0.39 is 17.1 Å². The summed E-state index contributed by atoms with van der Waals surface area (Å²) >= 11 is 0. The van der Waals surface area contributed by atoms with Crippen molar-refractivity contribution >= 4 is 34.3 Å². The lowest BCUT2D eigenvalue weighted by Crippen LogP contribution is -2.34. The third kappa shape index (κ3) is 4.15. The summed E-state index contributed by atoms with van der Waals surface area (Å²) in [5.74, 6) is -0.990. The number of rotatable bonds is 5. The van der Waals surface area contributed by atoms with Crippen molar-refractivity contribution in [3.63, 3.8) is 0 Å². The highest BCUT2D eigenvalue weighted by atomic mass is 19.1. The molecular weight excluding hydrogens is 504 g/mol. The molecule has 0 unspecified atom stereocenters. The number of hydrogen-bond acceptors (Lipinski definition) is 8. The molecule has 194 valence electrons. The lowest BCUT2D eigenvalue weighted by Gasteiger charge is -2.21. The Kier molecular flexibility index (Phi) is 5.60. The van der Waals surface area contributed by atoms with Crippen LogP contribution >= 0.6 is 0 Å². The van der Waals surface area contributed by atoms with Crippen LogP contribution in [-0.4, -0.2) is 41.5 Å². The normalized spacial score (nSPS) is 13.8. The molecule has 1 aromatic carbocycles. The van der Waals surface area contributed by atoms with Crippen LogP contribution in [-0.2, 0) is 12.0 Å². The van der Waals surface area contributed by atoms with Gasteiger partial charge in [0.25, 0.3) is 5.91 Å². The summed E-state index contributed by atoms with van der Waals surface area (Å²) in [6.07, 6.45) is 3.96. The molecule has 0 fully saturated rings. The number of halogens is 2. The third-order valence-corrected chi connectivity index (χ3v) is 6.56. The van der Waals surface area contributed by atoms with Crippen LogP contribution in [0.2, 0.25) is 0 Å². The molecule has 0 radical (unpaired) electrons. The van der Waals surface area contributed by atoms with Crippen LogP contribution in [0.3, 0.4) is 0 Å². The molecule has 1 amide bonds. The minimum absolute atomic E-state index is 0.00848. The number of nitrogens with one attached hydrogen (secondary N) is 1. The number of carbonyl (C=O) groups is 1. The average molecular weight is 526 g/mol. The van der Waals surface area contributed by atoms with Gasteiger partial charge >= 0.3 is 0 Å². The summed E-state index contributed by atoms with van der Waals surface area (Å²) in [4.78, 5) is 35.3. The molecule has 0 spiro atoms. The van der Waals surface area contributed by atoms with Crippen molar-refractivity contribution in [3.8, 4) is 11.5 Å². The van der Waals surface area contributed by atoms with Gasteiger partial charge in [-0.3, -0.25) is 9.78 Å². The maximum Gasteiger partial charge on any atom is 0.274 e. The van der Waals surface area contributed by atoms with E-state index >= 15 is 0 Å². The number of benzene rings is 1. The quantitative estimate of drug-likeness (QED) is 0.352. The van der Waals surface area contributed by atoms with Gasteiger partial charge in [0.15, 0.2) is 17.3 Å². The van der Waals surface area contributed by atoms with E-state index in [1.165, 1.54) is 12.3 Å². The number of fused-ring (bicyclic) bond motifs is 2. The first-order chi connectivity index (χ1) is 18.7. The Hall–Kier alpha value is -5.13. The molecule has 10 nitrogen and oxygen atoms in total. The van der Waals surface area contributed by atoms with Gasteiger partial charge in [0.2, 0.25) is 0 Å². The monoisotopic (exact) mass is 525 g/mol. The van der Waals surface area contributed by atoms with Gasteiger partial charge in [0, 0.05) is 23.4 Å². The molecule has 5 heterocycles. The van der Waals surface area contributed by atoms with E-state index in [9.17, 15) is 13.6 Å². The second-order valence-electron chi connectivity index (χ2n) is 9.53. The first kappa shape index (κ1) is 24.2. The first-order valence-electron chi connectivity index (χ1n) is 12.0. The largest absolute Gasteiger partial charge is 0.386 e. The molecule has 3 N–H and O–H groups in total. The topological polar surface area (TPSA) is 137 Å². The third-order valence-electron chi connectivity index (χ3n) is 6.56. The number of nitrogens with two attached hydrogens (primary N) is 1. The molecule has 0 saturated carbocycles. The van der Waals surface area contributed by atoms with E-state index in [4.69, 9.17) is 5.73 Å². The van der Waals surface area contributed by atoms with Gasteiger partial charge in [-0.2, -0.15) is 5.10 Å². The van der Waals surface area contributed by atoms with Crippen molar-refractivity contribution in [2.45, 2.75) is 25.8 Å². The Morgan fingerprint density at radius 1 is 1.10 bits per heavy atom. The minimum atomic E-state index is -0.839. The molecule has 5 aromatic rings. The molecule has 0 saturated heterocycles. The summed E-state index contributed by atoms with van der Waals surface area (Å²) in [7, 11) is 0. The minimum Gasteiger partial charge on any atom is -0.386 e. The van der Waals surface area contributed by atoms with E-state index in [0.29, 0.717) is 27.9 Å². The van der Waals surface area contributed by atoms with E-state index in [1.807, 2.05) is 13.8 Å². The molecule has 4 aromatic heterocycles. The van der Waals surface area contributed by atoms with E-state index in [2.05, 4.69) is 35.3 Å². The van der Waals surface area contributed by atoms with Crippen molar-refractivity contribution in [1.29, 1.82) is 0 Å². The fourth-order valence-corrected chi connectivity index (χ4v) is 4.50. The zero-order chi connectivity index (χ0) is 27.3. The molecule has 39 heavy (non-hydrogen) atoms. The molecule has 1 aliphatic heterocycles. The lowest BCUT2D eigenvalue weighted by atomic mass is 9.84. The van der Waals surface area contributed by atoms with E-state index in [1.54, 1.807) is 41.2 Å². The summed E-state index contributed by atoms with van der Waals surface area (Å²) in [5.41, 5.74) is 7.21. The predicted molar refractivity (Wildman–Crippen MR) is 141 cm³/mol. The zero-order valence-electron chi connectivity index (χ0n) is 20.9. The predicted octanol–water partition coefficient (Wildman–Crippen LogP) is 4.14. The van der Waals surface area contributed by atoms with Gasteiger partial charge in [-0.1, -0.05) is 18.2 Å². The number of aromatic nitrogens is 6. The molecule has 0 atom stereocenters. The van der Waals surface area contributed by atoms with E-state index in [-0.39, 0.29) is 41.2 Å². The van der Waals surface area contributed by atoms with Gasteiger partial charge < -0.3 is 11.1 Å². The molecular formula is C27H21F2N9O. The zero-order valence-corrected chi connectivity index (χ0v) is 20.9. The number of nitrogens with zero attached hydrogens (tertiary/aromatic N) is 7. The number of amides is 1. The molecule has 0 bridgehead atoms. The summed E-state index contributed by atoms with van der Waals surface area (Å²) in [6, 6.07) is 11.1. The van der Waals surface area contributed by atoms with Crippen LogP contribution in [0.4, 0.5) is 20.3 Å². The van der Waals surface area contributed by atoms with Crippen LogP contribution < -0.4 is 11.1 Å². The average Bonchev–Trinajstić information content (AvgIpc) is 3.38. The van der Waals surface area contributed by atoms with Crippen molar-refractivity contribution in [3.05, 3.63) is 89.5 Å². The smallest absolute Gasteiger partial charge is 0.274 e. The van der Waals surface area contributed by atoms with Crippen molar-refractivity contribution in [1.82, 2.24) is 29.7 Å². The number of aliphatic imine (C=N–C) groups is 1. The van der Waals surface area contributed by atoms with E-state index in [0.717, 1.165) is 12.3 Å². The number of amidine groups is 1. The highest BCUT2D eigenvalue weighted by Gasteiger charge is 2.40. The summed E-state index contributed by atoms with van der Waals surface area (Å²) in [5, 5.41) is 7.90. The molecule has 0 aliphatic carbocycles. The molecule has 1 aliphatic rings. The molecule has 12 heteroatoms. The fourth-order valence-electron chi connectivity index (χ4n) is 4.50. The summed E-state index contributed by atoms with van der Waals surface area (Å²) < 4.78 is 29.7. The van der Waals surface area contributed by atoms with Crippen molar-refractivity contribution in [2.75, 3.05) is 5.32 Å². The standard InChI is InChI=1S/C27H21F2N9O/c1-27(2)19-21(25(39)33-16-10-15(28)11-31-12-16)34-23(35-22(19)36-26(27)30)20-17-7-5-9-32-24(17)38(37-20)13-14-6-3-4-8-18(14)29/h3-12H,13H2,1-2H3,(H,33,39)(H2,30,34,35,36). The SMILES string of the molecule is CC1(C)C(N)=Nc2nc(-c3nn(Cc4ccccc4F)c4ncccc34)nc(C(=O)Nc3cncc(F)c3)c21. The van der Waals surface area contributed by atoms with Crippen LogP contribution in [0.15, 0.2) is 66.0 Å². The Bertz CT molecular complexity index is 1810. The van der Waals surface area contributed by atoms with Gasteiger partial charge in [-0.25, -0.2) is 33.4 Å². The highest BCUT2D eigenvalue weighted by Crippen LogP contribution is 2.41. The Labute approximate surface area is 220 Å². The maximum atomic E-state index is 14.4. The Balaban J connectivity index is 1.50. The van der Waals surface area contributed by atoms with Crippen molar-refractivity contribution < 1.29 is 13.6 Å². The van der Waals surface area contributed by atoms with Crippen LogP contribution in [0, 0.1) is 11.6 Å². The second-order valence-corrected chi connectivity index (χ2v) is 9.53. The van der Waals surface area contributed by atoms with Crippen LogP contribution in [0.5, 0.6) is 0 Å². The lowest BCUT2D eigenvalue weighted by molar-refractivity contribution is 0.102. The number of pyridine rings is 2. The van der Waals surface area contributed by atoms with Crippen LogP contribution in [0.25, 0.3) is 22.6 Å².